The molecule has 0 aliphatic carbocycles. The molecule has 1 aliphatic heterocycles. The second-order valence-electron chi connectivity index (χ2n) is 4.71. The zero-order chi connectivity index (χ0) is 13.7. The van der Waals surface area contributed by atoms with Gasteiger partial charge in [0.2, 0.25) is 5.91 Å². The lowest BCUT2D eigenvalue weighted by atomic mass is 9.93. The number of primary amides is 1. The van der Waals surface area contributed by atoms with E-state index in [2.05, 4.69) is 10.6 Å². The third-order valence-electron chi connectivity index (χ3n) is 2.94. The van der Waals surface area contributed by atoms with Gasteiger partial charge < -0.3 is 21.1 Å². The van der Waals surface area contributed by atoms with E-state index in [4.69, 9.17) is 10.5 Å². The lowest BCUT2D eigenvalue weighted by Gasteiger charge is -2.41. The molecule has 0 radical (unpaired) electrons. The van der Waals surface area contributed by atoms with Crippen molar-refractivity contribution in [1.29, 1.82) is 0 Å². The average molecular weight is 263 g/mol. The van der Waals surface area contributed by atoms with Crippen molar-refractivity contribution in [3.63, 3.8) is 0 Å². The molecular weight excluding hydrogens is 246 g/mol. The molecular formula is C13H17N3O3. The highest BCUT2D eigenvalue weighted by molar-refractivity contribution is 5.79. The number of urea groups is 1. The van der Waals surface area contributed by atoms with Gasteiger partial charge in [0.25, 0.3) is 0 Å². The summed E-state index contributed by atoms with van der Waals surface area (Å²) in [4.78, 5) is 22.7. The monoisotopic (exact) mass is 263 g/mol. The van der Waals surface area contributed by atoms with Crippen LogP contribution in [0.15, 0.2) is 30.3 Å². The van der Waals surface area contributed by atoms with Gasteiger partial charge in [0.15, 0.2) is 0 Å². The van der Waals surface area contributed by atoms with Crippen LogP contribution in [0, 0.1) is 0 Å². The molecule has 1 aliphatic rings. The first-order chi connectivity index (χ1) is 9.10. The van der Waals surface area contributed by atoms with E-state index in [9.17, 15) is 9.59 Å². The van der Waals surface area contributed by atoms with E-state index in [0.717, 1.165) is 5.56 Å². The average Bonchev–Trinajstić information content (AvgIpc) is 2.34. The van der Waals surface area contributed by atoms with Crippen LogP contribution < -0.4 is 16.4 Å². The Balaban J connectivity index is 1.82. The molecule has 1 saturated heterocycles. The van der Waals surface area contributed by atoms with Crippen molar-refractivity contribution < 1.29 is 14.3 Å². The van der Waals surface area contributed by atoms with Crippen LogP contribution in [-0.2, 0) is 16.1 Å². The van der Waals surface area contributed by atoms with E-state index in [-0.39, 0.29) is 12.5 Å². The number of benzene rings is 1. The van der Waals surface area contributed by atoms with Gasteiger partial charge in [-0.15, -0.1) is 0 Å². The highest BCUT2D eigenvalue weighted by Crippen LogP contribution is 2.20. The van der Waals surface area contributed by atoms with Crippen molar-refractivity contribution in [1.82, 2.24) is 10.6 Å². The Labute approximate surface area is 111 Å². The fourth-order valence-corrected chi connectivity index (χ4v) is 1.96. The fourth-order valence-electron chi connectivity index (χ4n) is 1.96. The molecule has 1 aromatic rings. The van der Waals surface area contributed by atoms with Gasteiger partial charge in [-0.1, -0.05) is 30.3 Å². The molecule has 1 heterocycles. The standard InChI is InChI=1S/C13H17N3O3/c14-11(17)6-13(8-19-9-13)16-12(18)15-7-10-4-2-1-3-5-10/h1-5H,6-9H2,(H2,14,17)(H2,15,16,18). The maximum Gasteiger partial charge on any atom is 0.315 e. The van der Waals surface area contributed by atoms with Crippen LogP contribution >= 0.6 is 0 Å². The Morgan fingerprint density at radius 1 is 1.26 bits per heavy atom. The molecule has 1 fully saturated rings. The minimum absolute atomic E-state index is 0.0890. The van der Waals surface area contributed by atoms with Gasteiger partial charge in [0, 0.05) is 6.54 Å². The topological polar surface area (TPSA) is 93.5 Å². The maximum atomic E-state index is 11.8. The first-order valence-corrected chi connectivity index (χ1v) is 6.06. The number of nitrogens with two attached hydrogens (primary N) is 1. The van der Waals surface area contributed by atoms with Crippen molar-refractivity contribution >= 4 is 11.9 Å². The summed E-state index contributed by atoms with van der Waals surface area (Å²) in [5.41, 5.74) is 5.52. The molecule has 0 spiro atoms. The summed E-state index contributed by atoms with van der Waals surface area (Å²) in [5, 5.41) is 5.49. The fraction of sp³-hybridized carbons (Fsp3) is 0.385. The van der Waals surface area contributed by atoms with Gasteiger partial charge in [-0.05, 0) is 5.56 Å². The number of carbonyl (C=O) groups excluding carboxylic acids is 2. The van der Waals surface area contributed by atoms with Crippen LogP contribution in [-0.4, -0.2) is 30.7 Å². The summed E-state index contributed by atoms with van der Waals surface area (Å²) in [6, 6.07) is 9.25. The van der Waals surface area contributed by atoms with Gasteiger partial charge >= 0.3 is 6.03 Å². The summed E-state index contributed by atoms with van der Waals surface area (Å²) in [5.74, 6) is -0.452. The molecule has 0 aromatic heterocycles. The molecule has 0 saturated carbocycles. The van der Waals surface area contributed by atoms with Gasteiger partial charge in [-0.3, -0.25) is 4.79 Å². The number of hydrogen-bond acceptors (Lipinski definition) is 3. The van der Waals surface area contributed by atoms with E-state index < -0.39 is 11.4 Å². The van der Waals surface area contributed by atoms with Gasteiger partial charge in [-0.2, -0.15) is 0 Å². The molecule has 19 heavy (non-hydrogen) atoms. The van der Waals surface area contributed by atoms with E-state index >= 15 is 0 Å². The molecule has 4 N–H and O–H groups in total. The number of rotatable bonds is 5. The highest BCUT2D eigenvalue weighted by atomic mass is 16.5. The Kier molecular flexibility index (Phi) is 4.01. The molecule has 0 bridgehead atoms. The third kappa shape index (κ3) is 3.69. The highest BCUT2D eigenvalue weighted by Gasteiger charge is 2.41. The minimum atomic E-state index is -0.646. The number of nitrogens with one attached hydrogen (secondary N) is 2. The largest absolute Gasteiger partial charge is 0.376 e. The van der Waals surface area contributed by atoms with Crippen LogP contribution in [0.4, 0.5) is 4.79 Å². The third-order valence-corrected chi connectivity index (χ3v) is 2.94. The summed E-state index contributed by atoms with van der Waals surface area (Å²) >= 11 is 0. The Bertz CT molecular complexity index is 457. The second-order valence-corrected chi connectivity index (χ2v) is 4.71. The molecule has 6 nitrogen and oxygen atoms in total. The van der Waals surface area contributed by atoms with E-state index in [0.29, 0.717) is 19.8 Å². The van der Waals surface area contributed by atoms with Crippen molar-refractivity contribution in [2.45, 2.75) is 18.5 Å². The maximum absolute atomic E-state index is 11.8. The van der Waals surface area contributed by atoms with Crippen molar-refractivity contribution in [2.75, 3.05) is 13.2 Å². The minimum Gasteiger partial charge on any atom is -0.376 e. The van der Waals surface area contributed by atoms with Crippen LogP contribution in [0.5, 0.6) is 0 Å². The summed E-state index contributed by atoms with van der Waals surface area (Å²) in [6.45, 7) is 1.06. The molecule has 102 valence electrons. The smallest absolute Gasteiger partial charge is 0.315 e. The first-order valence-electron chi connectivity index (χ1n) is 6.06. The predicted octanol–water partition coefficient (Wildman–Crippen LogP) is 0.130. The molecule has 0 atom stereocenters. The molecule has 3 amide bonds. The van der Waals surface area contributed by atoms with E-state index in [1.54, 1.807) is 0 Å². The Hall–Kier alpha value is -2.08. The summed E-state index contributed by atoms with van der Waals surface area (Å²) in [6.07, 6.45) is 0.0890. The van der Waals surface area contributed by atoms with Crippen molar-refractivity contribution in [2.24, 2.45) is 5.73 Å². The van der Waals surface area contributed by atoms with E-state index in [1.807, 2.05) is 30.3 Å². The van der Waals surface area contributed by atoms with Crippen LogP contribution in [0.25, 0.3) is 0 Å². The zero-order valence-electron chi connectivity index (χ0n) is 10.5. The number of ether oxygens (including phenoxy) is 1. The Morgan fingerprint density at radius 2 is 1.95 bits per heavy atom. The van der Waals surface area contributed by atoms with Crippen LogP contribution in [0.3, 0.4) is 0 Å². The van der Waals surface area contributed by atoms with Crippen molar-refractivity contribution in [3.8, 4) is 0 Å². The van der Waals surface area contributed by atoms with Crippen molar-refractivity contribution in [3.05, 3.63) is 35.9 Å². The number of hydrogen-bond donors (Lipinski definition) is 3. The zero-order valence-corrected chi connectivity index (χ0v) is 10.5. The summed E-state index contributed by atoms with van der Waals surface area (Å²) < 4.78 is 5.05. The second kappa shape index (κ2) is 5.71. The normalized spacial score (nSPS) is 16.2. The van der Waals surface area contributed by atoms with E-state index in [1.165, 1.54) is 0 Å². The quantitative estimate of drug-likeness (QED) is 0.705. The predicted molar refractivity (Wildman–Crippen MR) is 69.2 cm³/mol. The van der Waals surface area contributed by atoms with Gasteiger partial charge in [0.1, 0.15) is 0 Å². The summed E-state index contributed by atoms with van der Waals surface area (Å²) in [7, 11) is 0. The van der Waals surface area contributed by atoms with Gasteiger partial charge in [-0.25, -0.2) is 4.79 Å². The molecule has 0 unspecified atom stereocenters. The van der Waals surface area contributed by atoms with Crippen LogP contribution in [0.2, 0.25) is 0 Å². The lowest BCUT2D eigenvalue weighted by molar-refractivity contribution is -0.127. The number of amides is 3. The van der Waals surface area contributed by atoms with Crippen LogP contribution in [0.1, 0.15) is 12.0 Å². The SMILES string of the molecule is NC(=O)CC1(NC(=O)NCc2ccccc2)COC1. The van der Waals surface area contributed by atoms with Gasteiger partial charge in [0.05, 0.1) is 25.2 Å². The lowest BCUT2D eigenvalue weighted by Crippen LogP contribution is -2.65. The molecule has 6 heteroatoms. The number of carbonyl (C=O) groups is 2. The first kappa shape index (κ1) is 13.4. The Morgan fingerprint density at radius 3 is 2.47 bits per heavy atom. The molecule has 1 aromatic carbocycles. The molecule has 2 rings (SSSR count).